The van der Waals surface area contributed by atoms with E-state index in [0.29, 0.717) is 0 Å². The van der Waals surface area contributed by atoms with E-state index in [1.807, 2.05) is 12.1 Å². The third kappa shape index (κ3) is 3.58. The number of hydrogen-bond donors (Lipinski definition) is 1. The average Bonchev–Trinajstić information content (AvgIpc) is 2.47. The standard InChI is InChI=1S/C17H29FN2/c1-5-17(6-2,20(7-3)8-4)16(19)13-14-9-11-15(18)12-10-14/h9-12,16H,5-8,13,19H2,1-4H3. The molecule has 1 unspecified atom stereocenters. The van der Waals surface area contributed by atoms with Crippen LogP contribution in [0, 0.1) is 5.82 Å². The summed E-state index contributed by atoms with van der Waals surface area (Å²) in [5.41, 5.74) is 7.69. The minimum Gasteiger partial charge on any atom is -0.326 e. The molecule has 0 spiro atoms. The normalized spacial score (nSPS) is 13.8. The van der Waals surface area contributed by atoms with Crippen molar-refractivity contribution in [2.24, 2.45) is 5.73 Å². The van der Waals surface area contributed by atoms with Crippen LogP contribution < -0.4 is 5.73 Å². The van der Waals surface area contributed by atoms with Gasteiger partial charge in [0.1, 0.15) is 5.82 Å². The van der Waals surface area contributed by atoms with Crippen molar-refractivity contribution in [2.75, 3.05) is 13.1 Å². The third-order valence-corrected chi connectivity index (χ3v) is 4.68. The lowest BCUT2D eigenvalue weighted by Crippen LogP contribution is -2.60. The van der Waals surface area contributed by atoms with Crippen LogP contribution in [0.1, 0.15) is 46.1 Å². The highest BCUT2D eigenvalue weighted by atomic mass is 19.1. The molecule has 2 N–H and O–H groups in total. The number of benzene rings is 1. The van der Waals surface area contributed by atoms with Gasteiger partial charge in [-0.15, -0.1) is 0 Å². The van der Waals surface area contributed by atoms with Crippen molar-refractivity contribution in [1.29, 1.82) is 0 Å². The topological polar surface area (TPSA) is 29.3 Å². The summed E-state index contributed by atoms with van der Waals surface area (Å²) in [6.07, 6.45) is 2.86. The molecule has 0 saturated carbocycles. The summed E-state index contributed by atoms with van der Waals surface area (Å²) >= 11 is 0. The van der Waals surface area contributed by atoms with Crippen molar-refractivity contribution >= 4 is 0 Å². The van der Waals surface area contributed by atoms with Crippen LogP contribution in [0.5, 0.6) is 0 Å². The Morgan fingerprint density at radius 1 is 1.05 bits per heavy atom. The van der Waals surface area contributed by atoms with Crippen molar-refractivity contribution in [2.45, 2.75) is 58.5 Å². The Hall–Kier alpha value is -0.930. The summed E-state index contributed by atoms with van der Waals surface area (Å²) in [5.74, 6) is -0.191. The van der Waals surface area contributed by atoms with Crippen molar-refractivity contribution < 1.29 is 4.39 Å². The van der Waals surface area contributed by atoms with E-state index in [1.54, 1.807) is 0 Å². The molecule has 1 aromatic carbocycles. The maximum absolute atomic E-state index is 13.0. The zero-order valence-electron chi connectivity index (χ0n) is 13.3. The van der Waals surface area contributed by atoms with Gasteiger partial charge < -0.3 is 5.73 Å². The molecule has 0 heterocycles. The Morgan fingerprint density at radius 3 is 1.95 bits per heavy atom. The van der Waals surface area contributed by atoms with Crippen LogP contribution in [0.2, 0.25) is 0 Å². The number of nitrogens with zero attached hydrogens (tertiary/aromatic N) is 1. The van der Waals surface area contributed by atoms with E-state index >= 15 is 0 Å². The minimum absolute atomic E-state index is 0.0257. The second-order valence-electron chi connectivity index (χ2n) is 5.42. The number of likely N-dealkylation sites (N-methyl/N-ethyl adjacent to an activating group) is 1. The summed E-state index contributed by atoms with van der Waals surface area (Å²) in [6.45, 7) is 10.8. The summed E-state index contributed by atoms with van der Waals surface area (Å²) in [4.78, 5) is 2.47. The summed E-state index contributed by atoms with van der Waals surface area (Å²) in [7, 11) is 0. The fourth-order valence-corrected chi connectivity index (χ4v) is 3.37. The molecule has 0 amide bonds. The lowest BCUT2D eigenvalue weighted by atomic mass is 9.80. The molecule has 0 saturated heterocycles. The van der Waals surface area contributed by atoms with E-state index in [1.165, 1.54) is 12.1 Å². The van der Waals surface area contributed by atoms with E-state index in [0.717, 1.165) is 37.9 Å². The Balaban J connectivity index is 2.93. The fraction of sp³-hybridized carbons (Fsp3) is 0.647. The van der Waals surface area contributed by atoms with Gasteiger partial charge in [-0.3, -0.25) is 4.90 Å². The molecular formula is C17H29FN2. The van der Waals surface area contributed by atoms with Gasteiger partial charge in [0.15, 0.2) is 0 Å². The Bertz CT molecular complexity index is 380. The van der Waals surface area contributed by atoms with Crippen LogP contribution in [0.25, 0.3) is 0 Å². The predicted octanol–water partition coefficient (Wildman–Crippen LogP) is 3.60. The highest BCUT2D eigenvalue weighted by molar-refractivity contribution is 5.18. The minimum atomic E-state index is -0.191. The number of halogens is 1. The van der Waals surface area contributed by atoms with Crippen LogP contribution in [-0.4, -0.2) is 29.6 Å². The molecule has 1 rings (SSSR count). The quantitative estimate of drug-likeness (QED) is 0.788. The second kappa shape index (κ2) is 7.75. The van der Waals surface area contributed by atoms with Crippen LogP contribution in [0.3, 0.4) is 0 Å². The lowest BCUT2D eigenvalue weighted by Gasteiger charge is -2.46. The van der Waals surface area contributed by atoms with Crippen LogP contribution in [-0.2, 0) is 6.42 Å². The SMILES string of the molecule is CCN(CC)C(CC)(CC)C(N)Cc1ccc(F)cc1. The molecule has 1 atom stereocenters. The first-order valence-corrected chi connectivity index (χ1v) is 7.79. The van der Waals surface area contributed by atoms with Crippen molar-refractivity contribution in [3.8, 4) is 0 Å². The highest BCUT2D eigenvalue weighted by Crippen LogP contribution is 2.28. The predicted molar refractivity (Wildman–Crippen MR) is 84.3 cm³/mol. The average molecular weight is 280 g/mol. The first-order chi connectivity index (χ1) is 9.53. The largest absolute Gasteiger partial charge is 0.326 e. The molecule has 114 valence electrons. The van der Waals surface area contributed by atoms with E-state index in [4.69, 9.17) is 5.73 Å². The zero-order valence-corrected chi connectivity index (χ0v) is 13.3. The van der Waals surface area contributed by atoms with Crippen LogP contribution >= 0.6 is 0 Å². The van der Waals surface area contributed by atoms with Gasteiger partial charge in [0.25, 0.3) is 0 Å². The molecule has 0 radical (unpaired) electrons. The molecular weight excluding hydrogens is 251 g/mol. The smallest absolute Gasteiger partial charge is 0.123 e. The van der Waals surface area contributed by atoms with Gasteiger partial charge in [-0.1, -0.05) is 39.8 Å². The molecule has 0 aliphatic rings. The number of nitrogens with two attached hydrogens (primary N) is 1. The van der Waals surface area contributed by atoms with Gasteiger partial charge in [-0.2, -0.15) is 0 Å². The second-order valence-corrected chi connectivity index (χ2v) is 5.42. The van der Waals surface area contributed by atoms with Gasteiger partial charge in [0, 0.05) is 11.6 Å². The van der Waals surface area contributed by atoms with Crippen molar-refractivity contribution in [1.82, 2.24) is 4.90 Å². The van der Waals surface area contributed by atoms with Gasteiger partial charge >= 0.3 is 0 Å². The molecule has 0 aliphatic heterocycles. The molecule has 3 heteroatoms. The highest BCUT2D eigenvalue weighted by Gasteiger charge is 2.37. The van der Waals surface area contributed by atoms with Crippen LogP contribution in [0.15, 0.2) is 24.3 Å². The molecule has 0 fully saturated rings. The molecule has 0 aromatic heterocycles. The zero-order chi connectivity index (χ0) is 15.2. The van der Waals surface area contributed by atoms with Gasteiger partial charge in [0.05, 0.1) is 0 Å². The summed E-state index contributed by atoms with van der Waals surface area (Å²) in [6, 6.07) is 6.77. The van der Waals surface area contributed by atoms with Gasteiger partial charge in [-0.25, -0.2) is 4.39 Å². The first kappa shape index (κ1) is 17.1. The van der Waals surface area contributed by atoms with E-state index in [2.05, 4.69) is 32.6 Å². The lowest BCUT2D eigenvalue weighted by molar-refractivity contribution is 0.0628. The number of rotatable bonds is 8. The maximum atomic E-state index is 13.0. The molecule has 0 bridgehead atoms. The monoisotopic (exact) mass is 280 g/mol. The van der Waals surface area contributed by atoms with Gasteiger partial charge in [0.2, 0.25) is 0 Å². The van der Waals surface area contributed by atoms with Gasteiger partial charge in [-0.05, 0) is 50.0 Å². The summed E-state index contributed by atoms with van der Waals surface area (Å²) in [5, 5.41) is 0. The Kier molecular flexibility index (Phi) is 6.63. The fourth-order valence-electron chi connectivity index (χ4n) is 3.37. The number of hydrogen-bond acceptors (Lipinski definition) is 2. The Morgan fingerprint density at radius 2 is 1.55 bits per heavy atom. The van der Waals surface area contributed by atoms with E-state index < -0.39 is 0 Å². The molecule has 0 aliphatic carbocycles. The van der Waals surface area contributed by atoms with E-state index in [9.17, 15) is 4.39 Å². The van der Waals surface area contributed by atoms with Crippen molar-refractivity contribution in [3.05, 3.63) is 35.6 Å². The maximum Gasteiger partial charge on any atom is 0.123 e. The molecule has 1 aromatic rings. The molecule has 2 nitrogen and oxygen atoms in total. The molecule has 20 heavy (non-hydrogen) atoms. The first-order valence-electron chi connectivity index (χ1n) is 7.79. The third-order valence-electron chi connectivity index (χ3n) is 4.68. The van der Waals surface area contributed by atoms with Crippen molar-refractivity contribution in [3.63, 3.8) is 0 Å². The Labute approximate surface area is 123 Å². The van der Waals surface area contributed by atoms with Crippen LogP contribution in [0.4, 0.5) is 4.39 Å². The van der Waals surface area contributed by atoms with E-state index in [-0.39, 0.29) is 17.4 Å². The summed E-state index contributed by atoms with van der Waals surface area (Å²) < 4.78 is 13.0.